The first kappa shape index (κ1) is 22.7. The Balaban J connectivity index is 1.40. The van der Waals surface area contributed by atoms with E-state index in [-0.39, 0.29) is 5.97 Å². The van der Waals surface area contributed by atoms with Crippen molar-refractivity contribution in [3.05, 3.63) is 39.7 Å². The lowest BCUT2D eigenvalue weighted by Gasteiger charge is -2.30. The van der Waals surface area contributed by atoms with Gasteiger partial charge in [-0.25, -0.2) is 9.50 Å². The van der Waals surface area contributed by atoms with Crippen molar-refractivity contribution in [2.24, 2.45) is 5.92 Å². The molecule has 2 aliphatic rings. The predicted molar refractivity (Wildman–Crippen MR) is 139 cm³/mol. The van der Waals surface area contributed by atoms with Gasteiger partial charge in [0.1, 0.15) is 11.2 Å². The second-order valence-electron chi connectivity index (χ2n) is 10.7. The van der Waals surface area contributed by atoms with Crippen LogP contribution in [0.2, 0.25) is 0 Å². The second kappa shape index (κ2) is 8.17. The van der Waals surface area contributed by atoms with E-state index in [9.17, 15) is 4.79 Å². The molecule has 2 fully saturated rings. The lowest BCUT2D eigenvalue weighted by Crippen LogP contribution is -2.38. The Kier molecular flexibility index (Phi) is 5.30. The van der Waals surface area contributed by atoms with Crippen LogP contribution in [0.3, 0.4) is 0 Å². The average molecular weight is 492 g/mol. The van der Waals surface area contributed by atoms with E-state index in [2.05, 4.69) is 60.8 Å². The molecule has 0 aromatic carbocycles. The molecule has 184 valence electrons. The van der Waals surface area contributed by atoms with E-state index < -0.39 is 0 Å². The molecule has 1 saturated carbocycles. The van der Waals surface area contributed by atoms with Gasteiger partial charge in [0, 0.05) is 34.6 Å². The molecule has 5 heterocycles. The van der Waals surface area contributed by atoms with Crippen molar-refractivity contribution in [1.82, 2.24) is 24.5 Å². The topological polar surface area (TPSA) is 75.5 Å². The Morgan fingerprint density at radius 3 is 2.71 bits per heavy atom. The van der Waals surface area contributed by atoms with Crippen molar-refractivity contribution in [3.63, 3.8) is 0 Å². The third kappa shape index (κ3) is 3.37. The highest BCUT2D eigenvalue weighted by Crippen LogP contribution is 2.53. The predicted octanol–water partition coefficient (Wildman–Crippen LogP) is 5.34. The number of hydrogen-bond donors (Lipinski definition) is 1. The van der Waals surface area contributed by atoms with Crippen LogP contribution in [-0.2, 0) is 9.53 Å². The van der Waals surface area contributed by atoms with Crippen molar-refractivity contribution in [1.29, 1.82) is 0 Å². The number of likely N-dealkylation sites (tertiary alicyclic amines) is 1. The minimum absolute atomic E-state index is 0.126. The Labute approximate surface area is 209 Å². The summed E-state index contributed by atoms with van der Waals surface area (Å²) in [5.74, 6) is 1.46. The minimum Gasteiger partial charge on any atom is -0.468 e. The van der Waals surface area contributed by atoms with Gasteiger partial charge in [0.15, 0.2) is 5.65 Å². The van der Waals surface area contributed by atoms with E-state index >= 15 is 0 Å². The zero-order valence-electron chi connectivity index (χ0n) is 21.3. The molecule has 0 unspecified atom stereocenters. The number of fused-ring (bicyclic) bond motifs is 4. The molecule has 4 aromatic rings. The molecule has 1 N–H and O–H groups in total. The number of thiophene rings is 1. The van der Waals surface area contributed by atoms with Gasteiger partial charge in [-0.2, -0.15) is 5.10 Å². The van der Waals surface area contributed by atoms with Gasteiger partial charge in [0.25, 0.3) is 0 Å². The van der Waals surface area contributed by atoms with Crippen LogP contribution in [0, 0.1) is 26.7 Å². The molecule has 2 bridgehead atoms. The lowest BCUT2D eigenvalue weighted by molar-refractivity contribution is -0.142. The lowest BCUT2D eigenvalue weighted by atomic mass is 9.88. The summed E-state index contributed by atoms with van der Waals surface area (Å²) in [7, 11) is 1.48. The maximum atomic E-state index is 11.8. The first-order valence-corrected chi connectivity index (χ1v) is 13.4. The maximum absolute atomic E-state index is 11.8. The van der Waals surface area contributed by atoms with E-state index in [0.29, 0.717) is 30.3 Å². The van der Waals surface area contributed by atoms with Crippen LogP contribution in [0.5, 0.6) is 0 Å². The SMILES string of the molecule is COC(=O)CN1C[C@@H]2C[C@H]1C[C@H]2c1sc2[nH]c(-c3cn4ncnc4c(C)c3C)c(C(C)C)c2c1C. The number of H-pyrrole nitrogens is 1. The number of rotatable bonds is 5. The summed E-state index contributed by atoms with van der Waals surface area (Å²) >= 11 is 1.94. The van der Waals surface area contributed by atoms with Crippen LogP contribution < -0.4 is 0 Å². The van der Waals surface area contributed by atoms with Gasteiger partial charge in [0.05, 0.1) is 19.3 Å². The first-order valence-electron chi connectivity index (χ1n) is 12.5. The van der Waals surface area contributed by atoms with Gasteiger partial charge >= 0.3 is 5.97 Å². The summed E-state index contributed by atoms with van der Waals surface area (Å²) in [6, 6.07) is 0.490. The molecular formula is C27H33N5O2S. The second-order valence-corrected chi connectivity index (χ2v) is 11.7. The van der Waals surface area contributed by atoms with Crippen molar-refractivity contribution in [2.75, 3.05) is 20.2 Å². The largest absolute Gasteiger partial charge is 0.468 e. The normalized spacial score (nSPS) is 22.3. The number of methoxy groups -OCH3 is 1. The minimum atomic E-state index is -0.126. The van der Waals surface area contributed by atoms with E-state index in [0.717, 1.165) is 18.6 Å². The van der Waals surface area contributed by atoms with Gasteiger partial charge < -0.3 is 9.72 Å². The number of hydrogen-bond acceptors (Lipinski definition) is 6. The number of esters is 1. The van der Waals surface area contributed by atoms with Crippen molar-refractivity contribution in [2.45, 2.75) is 65.3 Å². The number of nitrogens with zero attached hydrogens (tertiary/aromatic N) is 4. The van der Waals surface area contributed by atoms with Gasteiger partial charge in [-0.15, -0.1) is 11.3 Å². The number of aryl methyl sites for hydroxylation is 2. The van der Waals surface area contributed by atoms with Crippen molar-refractivity contribution in [3.8, 4) is 11.3 Å². The summed E-state index contributed by atoms with van der Waals surface area (Å²) in [6.07, 6.45) is 6.07. The Morgan fingerprint density at radius 1 is 1.23 bits per heavy atom. The molecule has 3 atom stereocenters. The molecule has 4 aromatic heterocycles. The fourth-order valence-corrected chi connectivity index (χ4v) is 8.07. The smallest absolute Gasteiger partial charge is 0.319 e. The van der Waals surface area contributed by atoms with E-state index in [4.69, 9.17) is 4.74 Å². The quantitative estimate of drug-likeness (QED) is 0.382. The molecular weight excluding hydrogens is 458 g/mol. The number of piperidine rings is 1. The summed E-state index contributed by atoms with van der Waals surface area (Å²) < 4.78 is 6.80. The number of carbonyl (C=O) groups excluding carboxylic acids is 1. The van der Waals surface area contributed by atoms with Crippen LogP contribution >= 0.6 is 11.3 Å². The first-order chi connectivity index (χ1) is 16.8. The Morgan fingerprint density at radius 2 is 2.03 bits per heavy atom. The zero-order valence-corrected chi connectivity index (χ0v) is 22.1. The zero-order chi connectivity index (χ0) is 24.6. The number of nitrogens with one attached hydrogen (secondary N) is 1. The summed E-state index contributed by atoms with van der Waals surface area (Å²) in [5, 5.41) is 5.82. The Bertz CT molecular complexity index is 1460. The van der Waals surface area contributed by atoms with Gasteiger partial charge in [-0.1, -0.05) is 13.8 Å². The van der Waals surface area contributed by atoms with Crippen LogP contribution in [0.15, 0.2) is 12.5 Å². The molecule has 1 aliphatic carbocycles. The van der Waals surface area contributed by atoms with Gasteiger partial charge in [0.2, 0.25) is 0 Å². The van der Waals surface area contributed by atoms with Gasteiger partial charge in [-0.3, -0.25) is 9.69 Å². The monoisotopic (exact) mass is 491 g/mol. The summed E-state index contributed by atoms with van der Waals surface area (Å²) in [4.78, 5) is 25.2. The standard InChI is InChI=1S/C27H33N5O2S/c1-13(2)22-23-16(5)25(19-8-18-7-17(19)9-31(18)11-21(33)34-6)35-27(23)30-24(22)20-10-32-26(28-12-29-32)15(4)14(20)3/h10,12-13,17-19,30H,7-9,11H2,1-6H3/t17-,18-,19+/m0/s1. The van der Waals surface area contributed by atoms with Crippen molar-refractivity contribution >= 4 is 33.2 Å². The highest BCUT2D eigenvalue weighted by atomic mass is 32.1. The molecule has 0 spiro atoms. The molecule has 0 radical (unpaired) electrons. The number of carbonyl (C=O) groups is 1. The number of ether oxygens (including phenoxy) is 1. The number of aromatic amines is 1. The van der Waals surface area contributed by atoms with Crippen LogP contribution in [0.25, 0.3) is 27.1 Å². The van der Waals surface area contributed by atoms with Crippen molar-refractivity contribution < 1.29 is 9.53 Å². The fourth-order valence-electron chi connectivity index (χ4n) is 6.64. The maximum Gasteiger partial charge on any atom is 0.319 e. The molecule has 1 aliphatic heterocycles. The molecule has 0 amide bonds. The number of aromatic nitrogens is 4. The van der Waals surface area contributed by atoms with E-state index in [1.54, 1.807) is 6.33 Å². The van der Waals surface area contributed by atoms with Gasteiger partial charge in [-0.05, 0) is 73.6 Å². The molecule has 35 heavy (non-hydrogen) atoms. The van der Waals surface area contributed by atoms with Crippen LogP contribution in [-0.4, -0.2) is 56.7 Å². The molecule has 7 nitrogen and oxygen atoms in total. The van der Waals surface area contributed by atoms with Crippen LogP contribution in [0.1, 0.15) is 65.7 Å². The highest BCUT2D eigenvalue weighted by Gasteiger charge is 2.46. The summed E-state index contributed by atoms with van der Waals surface area (Å²) in [5.41, 5.74) is 8.59. The average Bonchev–Trinajstić information content (AvgIpc) is 3.63. The number of pyridine rings is 1. The molecule has 8 heteroatoms. The fraction of sp³-hybridized carbons (Fsp3) is 0.519. The van der Waals surface area contributed by atoms with E-state index in [1.165, 1.54) is 62.1 Å². The molecule has 1 saturated heterocycles. The highest BCUT2D eigenvalue weighted by molar-refractivity contribution is 7.19. The third-order valence-electron chi connectivity index (χ3n) is 8.49. The summed E-state index contributed by atoms with van der Waals surface area (Å²) in [6.45, 7) is 12.6. The molecule has 6 rings (SSSR count). The van der Waals surface area contributed by atoms with E-state index in [1.807, 2.05) is 15.9 Å². The van der Waals surface area contributed by atoms with Crippen LogP contribution in [0.4, 0.5) is 0 Å². The Hall–Kier alpha value is -2.71. The third-order valence-corrected chi connectivity index (χ3v) is 9.83.